The summed E-state index contributed by atoms with van der Waals surface area (Å²) in [5, 5.41) is 1.79. The van der Waals surface area contributed by atoms with Gasteiger partial charge in [0.2, 0.25) is 0 Å². The molecule has 0 atom stereocenters. The van der Waals surface area contributed by atoms with Crippen molar-refractivity contribution < 1.29 is 13.9 Å². The molecule has 2 nitrogen and oxygen atoms in total. The zero-order chi connectivity index (χ0) is 14.9. The maximum Gasteiger partial charge on any atom is 0.339 e. The minimum absolute atomic E-state index is 0.268. The zero-order valence-electron chi connectivity index (χ0n) is 12.0. The third-order valence-electron chi connectivity index (χ3n) is 2.76. The molecule has 0 saturated carbocycles. The highest BCUT2D eigenvalue weighted by Crippen LogP contribution is 2.33. The minimum Gasteiger partial charge on any atom is -0.456 e. The van der Waals surface area contributed by atoms with Gasteiger partial charge in [0.1, 0.15) is 11.4 Å². The van der Waals surface area contributed by atoms with E-state index in [9.17, 15) is 9.18 Å². The molecule has 0 spiro atoms. The molecule has 0 aliphatic heterocycles. The Kier molecular flexibility index (Phi) is 3.95. The predicted molar refractivity (Wildman–Crippen MR) is 79.6 cm³/mol. The number of carbonyl (C=O) groups excluding carboxylic acids is 1. The topological polar surface area (TPSA) is 26.3 Å². The lowest BCUT2D eigenvalue weighted by molar-refractivity contribution is 0.00694. The standard InChI is InChI=1S/C16H17FO2S/c1-10-13(15(18)19-16(2,3)4)9-20-14(10)11-5-7-12(17)8-6-11/h5-9H,1-4H3. The summed E-state index contributed by atoms with van der Waals surface area (Å²) in [5.41, 5.74) is 1.84. The molecule has 0 amide bonds. The largest absolute Gasteiger partial charge is 0.456 e. The van der Waals surface area contributed by atoms with E-state index in [4.69, 9.17) is 4.74 Å². The van der Waals surface area contributed by atoms with E-state index in [0.29, 0.717) is 5.56 Å². The van der Waals surface area contributed by atoms with E-state index >= 15 is 0 Å². The van der Waals surface area contributed by atoms with Gasteiger partial charge in [-0.1, -0.05) is 12.1 Å². The van der Waals surface area contributed by atoms with Gasteiger partial charge in [0.05, 0.1) is 5.56 Å². The Morgan fingerprint density at radius 1 is 1.20 bits per heavy atom. The van der Waals surface area contributed by atoms with Gasteiger partial charge in [-0.3, -0.25) is 0 Å². The van der Waals surface area contributed by atoms with Crippen LogP contribution in [0.2, 0.25) is 0 Å². The lowest BCUT2D eigenvalue weighted by Gasteiger charge is -2.19. The van der Waals surface area contributed by atoms with E-state index in [0.717, 1.165) is 16.0 Å². The first-order valence-corrected chi connectivity index (χ1v) is 7.23. The number of rotatable bonds is 2. The van der Waals surface area contributed by atoms with Crippen molar-refractivity contribution in [2.75, 3.05) is 0 Å². The van der Waals surface area contributed by atoms with Crippen molar-refractivity contribution in [3.05, 3.63) is 46.6 Å². The van der Waals surface area contributed by atoms with Gasteiger partial charge in [0, 0.05) is 10.3 Å². The molecule has 1 heterocycles. The molecule has 0 N–H and O–H groups in total. The van der Waals surface area contributed by atoms with Crippen LogP contribution < -0.4 is 0 Å². The second kappa shape index (κ2) is 5.37. The monoisotopic (exact) mass is 292 g/mol. The van der Waals surface area contributed by atoms with Crippen molar-refractivity contribution in [3.63, 3.8) is 0 Å². The summed E-state index contributed by atoms with van der Waals surface area (Å²) < 4.78 is 18.3. The SMILES string of the molecule is Cc1c(C(=O)OC(C)(C)C)csc1-c1ccc(F)cc1. The van der Waals surface area contributed by atoms with Crippen LogP contribution in [0, 0.1) is 12.7 Å². The van der Waals surface area contributed by atoms with Gasteiger partial charge in [0.15, 0.2) is 0 Å². The molecule has 0 radical (unpaired) electrons. The molecule has 2 rings (SSSR count). The third kappa shape index (κ3) is 3.25. The number of benzene rings is 1. The number of carbonyl (C=O) groups is 1. The van der Waals surface area contributed by atoms with Gasteiger partial charge in [-0.2, -0.15) is 0 Å². The normalized spacial score (nSPS) is 11.4. The van der Waals surface area contributed by atoms with E-state index in [-0.39, 0.29) is 11.8 Å². The second-order valence-electron chi connectivity index (χ2n) is 5.61. The Balaban J connectivity index is 2.32. The van der Waals surface area contributed by atoms with E-state index in [1.807, 2.05) is 27.7 Å². The average Bonchev–Trinajstić information content (AvgIpc) is 2.70. The van der Waals surface area contributed by atoms with Crippen LogP contribution in [-0.4, -0.2) is 11.6 Å². The molecule has 0 unspecified atom stereocenters. The van der Waals surface area contributed by atoms with Gasteiger partial charge in [-0.25, -0.2) is 9.18 Å². The quantitative estimate of drug-likeness (QED) is 0.742. The zero-order valence-corrected chi connectivity index (χ0v) is 12.8. The Hall–Kier alpha value is -1.68. The number of thiophene rings is 1. The molecule has 2 aromatic rings. The fraction of sp³-hybridized carbons (Fsp3) is 0.312. The Morgan fingerprint density at radius 2 is 1.80 bits per heavy atom. The van der Waals surface area contributed by atoms with Crippen molar-refractivity contribution in [2.45, 2.75) is 33.3 Å². The molecule has 0 aliphatic rings. The highest BCUT2D eigenvalue weighted by Gasteiger charge is 2.22. The summed E-state index contributed by atoms with van der Waals surface area (Å²) in [6.07, 6.45) is 0. The fourth-order valence-electron chi connectivity index (χ4n) is 1.84. The van der Waals surface area contributed by atoms with Crippen LogP contribution in [-0.2, 0) is 4.74 Å². The number of ether oxygens (including phenoxy) is 1. The number of esters is 1. The summed E-state index contributed by atoms with van der Waals surface area (Å²) in [5.74, 6) is -0.588. The van der Waals surface area contributed by atoms with E-state index in [1.165, 1.54) is 23.5 Å². The first-order chi connectivity index (χ1) is 9.28. The van der Waals surface area contributed by atoms with Crippen LogP contribution in [0.15, 0.2) is 29.6 Å². The molecule has 1 aromatic heterocycles. The second-order valence-corrected chi connectivity index (χ2v) is 6.49. The molecular weight excluding hydrogens is 275 g/mol. The first kappa shape index (κ1) is 14.7. The summed E-state index contributed by atoms with van der Waals surface area (Å²) in [6.45, 7) is 7.41. The number of halogens is 1. The van der Waals surface area contributed by atoms with Crippen molar-refractivity contribution in [3.8, 4) is 10.4 Å². The van der Waals surface area contributed by atoms with Crippen LogP contribution >= 0.6 is 11.3 Å². The van der Waals surface area contributed by atoms with Crippen LogP contribution in [0.1, 0.15) is 36.7 Å². The van der Waals surface area contributed by atoms with Gasteiger partial charge < -0.3 is 4.74 Å². The number of hydrogen-bond donors (Lipinski definition) is 0. The molecule has 0 saturated heterocycles. The highest BCUT2D eigenvalue weighted by molar-refractivity contribution is 7.14. The van der Waals surface area contributed by atoms with Crippen molar-refractivity contribution >= 4 is 17.3 Å². The third-order valence-corrected chi connectivity index (χ3v) is 3.90. The molecule has 106 valence electrons. The molecule has 0 fully saturated rings. The van der Waals surface area contributed by atoms with Crippen molar-refractivity contribution in [1.29, 1.82) is 0 Å². The average molecular weight is 292 g/mol. The molecule has 0 bridgehead atoms. The summed E-state index contributed by atoms with van der Waals surface area (Å²) >= 11 is 1.47. The molecule has 1 aromatic carbocycles. The smallest absolute Gasteiger partial charge is 0.339 e. The van der Waals surface area contributed by atoms with Gasteiger partial charge in [0.25, 0.3) is 0 Å². The summed E-state index contributed by atoms with van der Waals surface area (Å²) in [6, 6.07) is 6.27. The molecule has 20 heavy (non-hydrogen) atoms. The fourth-order valence-corrected chi connectivity index (χ4v) is 2.90. The summed E-state index contributed by atoms with van der Waals surface area (Å²) in [4.78, 5) is 13.1. The van der Waals surface area contributed by atoms with Crippen LogP contribution in [0.4, 0.5) is 4.39 Å². The Labute approximate surface area is 122 Å². The van der Waals surface area contributed by atoms with Gasteiger partial charge in [-0.05, 0) is 51.0 Å². The predicted octanol–water partition coefficient (Wildman–Crippen LogP) is 4.82. The van der Waals surface area contributed by atoms with E-state index in [1.54, 1.807) is 17.5 Å². The van der Waals surface area contributed by atoms with Crippen molar-refractivity contribution in [1.82, 2.24) is 0 Å². The molecule has 4 heteroatoms. The molecular formula is C16H17FO2S. The Bertz CT molecular complexity index is 621. The van der Waals surface area contributed by atoms with Crippen LogP contribution in [0.25, 0.3) is 10.4 Å². The highest BCUT2D eigenvalue weighted by atomic mass is 32.1. The van der Waals surface area contributed by atoms with E-state index < -0.39 is 5.60 Å². The van der Waals surface area contributed by atoms with Gasteiger partial charge in [-0.15, -0.1) is 11.3 Å². The minimum atomic E-state index is -0.512. The lowest BCUT2D eigenvalue weighted by Crippen LogP contribution is -2.24. The van der Waals surface area contributed by atoms with Crippen molar-refractivity contribution in [2.24, 2.45) is 0 Å². The van der Waals surface area contributed by atoms with E-state index in [2.05, 4.69) is 0 Å². The molecule has 0 aliphatic carbocycles. The van der Waals surface area contributed by atoms with Gasteiger partial charge >= 0.3 is 5.97 Å². The maximum atomic E-state index is 13.0. The lowest BCUT2D eigenvalue weighted by atomic mass is 10.1. The summed E-state index contributed by atoms with van der Waals surface area (Å²) in [7, 11) is 0. The van der Waals surface area contributed by atoms with Crippen LogP contribution in [0.3, 0.4) is 0 Å². The first-order valence-electron chi connectivity index (χ1n) is 6.35. The Morgan fingerprint density at radius 3 is 2.35 bits per heavy atom. The number of hydrogen-bond acceptors (Lipinski definition) is 3. The van der Waals surface area contributed by atoms with Crippen LogP contribution in [0.5, 0.6) is 0 Å². The maximum absolute atomic E-state index is 13.0.